The second-order valence-corrected chi connectivity index (χ2v) is 4.42. The predicted octanol–water partition coefficient (Wildman–Crippen LogP) is -2.73. The lowest BCUT2D eigenvalue weighted by Crippen LogP contribution is -3.10. The summed E-state index contributed by atoms with van der Waals surface area (Å²) in [5.74, 6) is 1.41. The third kappa shape index (κ3) is 3.77. The molecule has 4 nitrogen and oxygen atoms in total. The predicted molar refractivity (Wildman–Crippen MR) is 66.8 cm³/mol. The summed E-state index contributed by atoms with van der Waals surface area (Å²) >= 11 is 0. The average molecular weight is 276 g/mol. The van der Waals surface area contributed by atoms with Crippen molar-refractivity contribution in [2.75, 3.05) is 28.3 Å². The Morgan fingerprint density at radius 2 is 1.78 bits per heavy atom. The molecule has 2 unspecified atom stereocenters. The topological polar surface area (TPSA) is 43.1 Å². The number of benzene rings is 1. The molecule has 0 aromatic heterocycles. The number of quaternary nitrogens is 1. The summed E-state index contributed by atoms with van der Waals surface area (Å²) in [5.41, 5.74) is 0.764. The van der Waals surface area contributed by atoms with Gasteiger partial charge in [-0.2, -0.15) is 0 Å². The molecule has 0 aliphatic carbocycles. The third-order valence-electron chi connectivity index (χ3n) is 3.14. The van der Waals surface area contributed by atoms with E-state index in [-0.39, 0.29) is 18.4 Å². The molecular formula is C13H22ClNO3. The molecule has 0 amide bonds. The van der Waals surface area contributed by atoms with Gasteiger partial charge >= 0.3 is 0 Å². The van der Waals surface area contributed by atoms with Crippen LogP contribution in [0.3, 0.4) is 0 Å². The lowest BCUT2D eigenvalue weighted by molar-refractivity contribution is -0.888. The van der Waals surface area contributed by atoms with Gasteiger partial charge in [0.05, 0.1) is 28.3 Å². The number of ether oxygens (including phenoxy) is 2. The molecule has 1 rings (SSSR count). The summed E-state index contributed by atoms with van der Waals surface area (Å²) in [6, 6.07) is 5.54. The first-order chi connectivity index (χ1) is 8.01. The maximum atomic E-state index is 10.3. The van der Waals surface area contributed by atoms with Crippen LogP contribution in [0.25, 0.3) is 0 Å². The van der Waals surface area contributed by atoms with Crippen LogP contribution in [0.4, 0.5) is 0 Å². The summed E-state index contributed by atoms with van der Waals surface area (Å²) in [6.07, 6.45) is -0.579. The number of aliphatic hydroxyl groups is 1. The molecule has 2 N–H and O–H groups in total. The quantitative estimate of drug-likeness (QED) is 0.614. The van der Waals surface area contributed by atoms with E-state index in [9.17, 15) is 5.11 Å². The Morgan fingerprint density at radius 3 is 2.22 bits per heavy atom. The van der Waals surface area contributed by atoms with Gasteiger partial charge < -0.3 is 31.9 Å². The number of hydrogen-bond donors (Lipinski definition) is 2. The van der Waals surface area contributed by atoms with E-state index in [1.54, 1.807) is 14.2 Å². The normalized spacial score (nSPS) is 13.7. The van der Waals surface area contributed by atoms with Crippen LogP contribution in [0.2, 0.25) is 0 Å². The van der Waals surface area contributed by atoms with Crippen LogP contribution < -0.4 is 26.8 Å². The van der Waals surface area contributed by atoms with Crippen molar-refractivity contribution in [2.24, 2.45) is 0 Å². The number of aliphatic hydroxyl groups excluding tert-OH is 1. The van der Waals surface area contributed by atoms with Gasteiger partial charge in [-0.25, -0.2) is 0 Å². The SMILES string of the molecule is COc1ccc(OC)c(C(O)C(C)[NH+](C)C)c1.[Cl-]. The zero-order valence-corrected chi connectivity index (χ0v) is 12.3. The molecule has 5 heteroatoms. The maximum absolute atomic E-state index is 10.3. The van der Waals surface area contributed by atoms with Crippen molar-refractivity contribution in [1.82, 2.24) is 0 Å². The Balaban J connectivity index is 0.00000289. The van der Waals surface area contributed by atoms with Gasteiger partial charge in [0.1, 0.15) is 23.6 Å². The minimum atomic E-state index is -0.579. The molecule has 0 bridgehead atoms. The first-order valence-corrected chi connectivity index (χ1v) is 5.71. The van der Waals surface area contributed by atoms with Crippen LogP contribution in [0.5, 0.6) is 11.5 Å². The molecule has 18 heavy (non-hydrogen) atoms. The van der Waals surface area contributed by atoms with E-state index in [0.717, 1.165) is 11.3 Å². The Kier molecular flexibility index (Phi) is 7.06. The number of halogens is 1. The number of rotatable bonds is 5. The fraction of sp³-hybridized carbons (Fsp3) is 0.538. The van der Waals surface area contributed by atoms with Crippen LogP contribution in [0, 0.1) is 0 Å². The van der Waals surface area contributed by atoms with E-state index in [0.29, 0.717) is 5.75 Å². The minimum absolute atomic E-state index is 0. The van der Waals surface area contributed by atoms with Crippen molar-refractivity contribution >= 4 is 0 Å². The molecule has 0 aliphatic rings. The summed E-state index contributed by atoms with van der Waals surface area (Å²) in [6.45, 7) is 2.00. The molecule has 0 spiro atoms. The van der Waals surface area contributed by atoms with Crippen molar-refractivity contribution < 1.29 is 31.9 Å². The standard InChI is InChI=1S/C13H21NO3.ClH/c1-9(14(2)3)13(15)11-8-10(16-4)6-7-12(11)17-5;/h6-9,13,15H,1-5H3;1H. The first-order valence-electron chi connectivity index (χ1n) is 5.71. The van der Waals surface area contributed by atoms with Gasteiger partial charge in [0.2, 0.25) is 0 Å². The van der Waals surface area contributed by atoms with E-state index in [1.807, 2.05) is 39.2 Å². The number of hydrogen-bond acceptors (Lipinski definition) is 3. The van der Waals surface area contributed by atoms with Gasteiger partial charge in [0.15, 0.2) is 0 Å². The van der Waals surface area contributed by atoms with Gasteiger partial charge in [0.25, 0.3) is 0 Å². The molecule has 0 saturated carbocycles. The second-order valence-electron chi connectivity index (χ2n) is 4.42. The first kappa shape index (κ1) is 17.0. The Hall–Kier alpha value is -0.970. The zero-order valence-electron chi connectivity index (χ0n) is 11.5. The van der Waals surface area contributed by atoms with Crippen LogP contribution in [-0.2, 0) is 0 Å². The van der Waals surface area contributed by atoms with E-state index in [2.05, 4.69) is 0 Å². The van der Waals surface area contributed by atoms with E-state index in [4.69, 9.17) is 9.47 Å². The molecule has 0 heterocycles. The van der Waals surface area contributed by atoms with Crippen LogP contribution in [0.1, 0.15) is 18.6 Å². The van der Waals surface area contributed by atoms with Gasteiger partial charge in [0, 0.05) is 5.56 Å². The van der Waals surface area contributed by atoms with Crippen molar-refractivity contribution in [3.05, 3.63) is 23.8 Å². The highest BCUT2D eigenvalue weighted by Gasteiger charge is 2.24. The molecule has 1 aromatic carbocycles. The molecular weight excluding hydrogens is 254 g/mol. The van der Waals surface area contributed by atoms with Gasteiger partial charge in [-0.05, 0) is 25.1 Å². The molecule has 2 atom stereocenters. The molecule has 0 radical (unpaired) electrons. The third-order valence-corrected chi connectivity index (χ3v) is 3.14. The summed E-state index contributed by atoms with van der Waals surface area (Å²) in [7, 11) is 7.24. The highest BCUT2D eigenvalue weighted by atomic mass is 35.5. The van der Waals surface area contributed by atoms with Crippen LogP contribution in [0.15, 0.2) is 18.2 Å². The lowest BCUT2D eigenvalue weighted by atomic mass is 10.0. The maximum Gasteiger partial charge on any atom is 0.134 e. The lowest BCUT2D eigenvalue weighted by Gasteiger charge is -2.24. The van der Waals surface area contributed by atoms with Crippen molar-refractivity contribution in [2.45, 2.75) is 19.1 Å². The molecule has 104 valence electrons. The van der Waals surface area contributed by atoms with Crippen molar-refractivity contribution in [3.63, 3.8) is 0 Å². The Labute approximate surface area is 115 Å². The monoisotopic (exact) mass is 275 g/mol. The Morgan fingerprint density at radius 1 is 1.17 bits per heavy atom. The highest BCUT2D eigenvalue weighted by Crippen LogP contribution is 2.30. The number of likely N-dealkylation sites (N-methyl/N-ethyl adjacent to an activating group) is 1. The molecule has 0 saturated heterocycles. The van der Waals surface area contributed by atoms with Crippen molar-refractivity contribution in [1.29, 1.82) is 0 Å². The number of nitrogens with one attached hydrogen (secondary N) is 1. The zero-order chi connectivity index (χ0) is 13.0. The van der Waals surface area contributed by atoms with E-state index >= 15 is 0 Å². The summed E-state index contributed by atoms with van der Waals surface area (Å²) < 4.78 is 10.4. The second kappa shape index (κ2) is 7.46. The molecule has 1 aromatic rings. The smallest absolute Gasteiger partial charge is 0.134 e. The number of methoxy groups -OCH3 is 2. The Bertz CT molecular complexity index is 371. The molecule has 0 aliphatic heterocycles. The fourth-order valence-electron chi connectivity index (χ4n) is 1.66. The van der Waals surface area contributed by atoms with Crippen LogP contribution in [-0.4, -0.2) is 39.5 Å². The van der Waals surface area contributed by atoms with E-state index in [1.165, 1.54) is 4.90 Å². The van der Waals surface area contributed by atoms with E-state index < -0.39 is 6.10 Å². The summed E-state index contributed by atoms with van der Waals surface area (Å²) in [5, 5.41) is 10.3. The van der Waals surface area contributed by atoms with Gasteiger partial charge in [-0.15, -0.1) is 0 Å². The van der Waals surface area contributed by atoms with Gasteiger partial charge in [-0.1, -0.05) is 0 Å². The minimum Gasteiger partial charge on any atom is -1.00 e. The fourth-order valence-corrected chi connectivity index (χ4v) is 1.66. The van der Waals surface area contributed by atoms with Crippen LogP contribution >= 0.6 is 0 Å². The molecule has 0 fully saturated rings. The summed E-state index contributed by atoms with van der Waals surface area (Å²) in [4.78, 5) is 1.18. The van der Waals surface area contributed by atoms with Gasteiger partial charge in [-0.3, -0.25) is 0 Å². The largest absolute Gasteiger partial charge is 1.00 e. The van der Waals surface area contributed by atoms with Crippen molar-refractivity contribution in [3.8, 4) is 11.5 Å². The average Bonchev–Trinajstić information content (AvgIpc) is 2.35. The highest BCUT2D eigenvalue weighted by molar-refractivity contribution is 5.41.